The van der Waals surface area contributed by atoms with Gasteiger partial charge in [-0.3, -0.25) is 9.52 Å². The van der Waals surface area contributed by atoms with Gasteiger partial charge in [0.25, 0.3) is 10.0 Å². The first-order chi connectivity index (χ1) is 17.3. The number of piperazine rings is 1. The molecule has 9 nitrogen and oxygen atoms in total. The summed E-state index contributed by atoms with van der Waals surface area (Å²) in [6, 6.07) is 13.7. The number of thiazole rings is 1. The van der Waals surface area contributed by atoms with Gasteiger partial charge in [0.2, 0.25) is 5.91 Å². The molecule has 5 rings (SSSR count). The third kappa shape index (κ3) is 5.05. The molecule has 1 saturated heterocycles. The maximum absolute atomic E-state index is 13.2. The lowest BCUT2D eigenvalue weighted by molar-refractivity contribution is -0.135. The van der Waals surface area contributed by atoms with Crippen molar-refractivity contribution in [1.82, 2.24) is 14.5 Å². The molecule has 2 aromatic carbocycles. The number of nitrogens with zero attached hydrogens (tertiary/aromatic N) is 4. The summed E-state index contributed by atoms with van der Waals surface area (Å²) in [7, 11) is -3.73. The third-order valence-electron chi connectivity index (χ3n) is 6.22. The summed E-state index contributed by atoms with van der Waals surface area (Å²) in [5.74, 6) is -0.0825. The fraction of sp³-hybridized carbons (Fsp3) is 0.250. The van der Waals surface area contributed by atoms with E-state index in [1.54, 1.807) is 34.5 Å². The highest BCUT2D eigenvalue weighted by Crippen LogP contribution is 2.25. The molecule has 2 N–H and O–H groups in total. The normalized spacial score (nSPS) is 16.4. The number of rotatable bonds is 7. The minimum atomic E-state index is -3.73. The molecule has 192 valence electrons. The molecule has 0 bridgehead atoms. The molecule has 1 aliphatic heterocycles. The van der Waals surface area contributed by atoms with Gasteiger partial charge in [-0.15, -0.1) is 11.3 Å². The lowest BCUT2D eigenvalue weighted by Crippen LogP contribution is -2.57. The lowest BCUT2D eigenvalue weighted by Gasteiger charge is -2.42. The molecule has 0 saturated carbocycles. The van der Waals surface area contributed by atoms with Gasteiger partial charge < -0.3 is 19.5 Å². The van der Waals surface area contributed by atoms with E-state index < -0.39 is 10.0 Å². The smallest absolute Gasteiger partial charge is 0.263 e. The number of hydrogen-bond acceptors (Lipinski definition) is 7. The van der Waals surface area contributed by atoms with Gasteiger partial charge >= 0.3 is 0 Å². The van der Waals surface area contributed by atoms with Crippen LogP contribution >= 0.6 is 22.9 Å². The van der Waals surface area contributed by atoms with Crippen LogP contribution in [-0.2, 0) is 21.4 Å². The number of carbonyl (C=O) groups excluding carboxylic acids is 1. The number of nitrogens with one attached hydrogen (secondary N) is 1. The Morgan fingerprint density at radius 1 is 1.19 bits per heavy atom. The van der Waals surface area contributed by atoms with E-state index in [4.69, 9.17) is 11.6 Å². The number of anilines is 2. The van der Waals surface area contributed by atoms with Crippen LogP contribution in [0.15, 0.2) is 71.2 Å². The average molecular weight is 550 g/mol. The molecule has 4 aromatic rings. The van der Waals surface area contributed by atoms with Gasteiger partial charge in [-0.25, -0.2) is 13.4 Å². The second-order valence-corrected chi connectivity index (χ2v) is 11.5. The quantitative estimate of drug-likeness (QED) is 0.363. The molecular formula is C24H28ClN5O4S2. The Labute approximate surface area is 220 Å². The number of aliphatic hydroxyl groups excluding tert-OH is 1. The van der Waals surface area contributed by atoms with Crippen molar-refractivity contribution in [2.24, 2.45) is 0 Å². The van der Waals surface area contributed by atoms with Crippen molar-refractivity contribution in [3.8, 4) is 0 Å². The second kappa shape index (κ2) is 10.1. The summed E-state index contributed by atoms with van der Waals surface area (Å²) < 4.78 is 29.5. The molecule has 2 aromatic heterocycles. The van der Waals surface area contributed by atoms with Crippen LogP contribution in [0.2, 0.25) is 5.02 Å². The number of sulfonamides is 1. The first-order valence-electron chi connectivity index (χ1n) is 11.3. The molecule has 1 aliphatic rings. The Morgan fingerprint density at radius 2 is 2.00 bits per heavy atom. The van der Waals surface area contributed by atoms with Crippen molar-refractivity contribution in [3.05, 3.63) is 71.3 Å². The maximum Gasteiger partial charge on any atom is 0.263 e. The maximum atomic E-state index is 13.2. The molecule has 0 aliphatic carbocycles. The Bertz CT molecular complexity index is 1480. The number of amides is 1. The first kappa shape index (κ1) is 24.6. The fourth-order valence-corrected chi connectivity index (χ4v) is 6.34. The largest absolute Gasteiger partial charge is 0.394 e. The molecule has 12 heteroatoms. The number of aromatic nitrogens is 2. The van der Waals surface area contributed by atoms with Gasteiger partial charge in [0, 0.05) is 56.5 Å². The predicted octanol–water partition coefficient (Wildman–Crippen LogP) is 3.75. The van der Waals surface area contributed by atoms with Crippen LogP contribution in [-0.4, -0.2) is 66.2 Å². The third-order valence-corrected chi connectivity index (χ3v) is 8.63. The standard InChI is InChI=1S/C24H24ClN5O4S2.2H2/c25-18-2-1-17-7-9-29(22(17)13-18)15-23(32)30-11-10-28(14-20(30)16-31)19-3-5-21(6-4-19)36(33,34)27-24-26-8-12-35-24;;/h1-9,12-13,20,31H,10-11,14-16H2,(H,26,27);2*1H/t20-;;/m0../s1. The van der Waals surface area contributed by atoms with E-state index in [1.807, 2.05) is 39.9 Å². The summed E-state index contributed by atoms with van der Waals surface area (Å²) in [5.41, 5.74) is 1.70. The summed E-state index contributed by atoms with van der Waals surface area (Å²) in [6.45, 7) is 1.41. The summed E-state index contributed by atoms with van der Waals surface area (Å²) >= 11 is 7.34. The zero-order valence-corrected chi connectivity index (χ0v) is 21.5. The van der Waals surface area contributed by atoms with Gasteiger partial charge in [0.15, 0.2) is 5.13 Å². The van der Waals surface area contributed by atoms with E-state index in [1.165, 1.54) is 17.5 Å². The minimum absolute atomic E-state index is 0. The van der Waals surface area contributed by atoms with Crippen molar-refractivity contribution in [2.45, 2.75) is 17.5 Å². The van der Waals surface area contributed by atoms with E-state index in [0.717, 1.165) is 16.6 Å². The van der Waals surface area contributed by atoms with Crippen molar-refractivity contribution in [3.63, 3.8) is 0 Å². The van der Waals surface area contributed by atoms with Crippen LogP contribution in [0.25, 0.3) is 10.9 Å². The second-order valence-electron chi connectivity index (χ2n) is 8.45. The number of hydrogen-bond donors (Lipinski definition) is 2. The molecule has 1 fully saturated rings. The van der Waals surface area contributed by atoms with Crippen LogP contribution in [0.4, 0.5) is 10.8 Å². The summed E-state index contributed by atoms with van der Waals surface area (Å²) in [6.07, 6.45) is 3.39. The molecule has 0 unspecified atom stereocenters. The zero-order chi connectivity index (χ0) is 25.3. The number of benzene rings is 2. The number of halogens is 1. The summed E-state index contributed by atoms with van der Waals surface area (Å²) in [4.78, 5) is 21.0. The van der Waals surface area contributed by atoms with Crippen LogP contribution in [0.1, 0.15) is 2.85 Å². The van der Waals surface area contributed by atoms with Crippen LogP contribution in [0, 0.1) is 0 Å². The van der Waals surface area contributed by atoms with Gasteiger partial charge in [0.1, 0.15) is 6.54 Å². The Balaban J connectivity index is 0.00000200. The number of aliphatic hydroxyl groups is 1. The van der Waals surface area contributed by atoms with E-state index in [-0.39, 0.29) is 32.8 Å². The Morgan fingerprint density at radius 3 is 2.72 bits per heavy atom. The number of carbonyl (C=O) groups is 1. The van der Waals surface area contributed by atoms with Gasteiger partial charge in [-0.1, -0.05) is 17.7 Å². The van der Waals surface area contributed by atoms with E-state index >= 15 is 0 Å². The Hall–Kier alpha value is -3.12. The molecule has 36 heavy (non-hydrogen) atoms. The zero-order valence-electron chi connectivity index (χ0n) is 19.1. The van der Waals surface area contributed by atoms with Crippen LogP contribution < -0.4 is 9.62 Å². The van der Waals surface area contributed by atoms with Crippen LogP contribution in [0.5, 0.6) is 0 Å². The van der Waals surface area contributed by atoms with Crippen molar-refractivity contribution in [1.29, 1.82) is 0 Å². The molecule has 0 spiro atoms. The van der Waals surface area contributed by atoms with Gasteiger partial charge in [0.05, 0.1) is 17.5 Å². The minimum Gasteiger partial charge on any atom is -0.394 e. The lowest BCUT2D eigenvalue weighted by atomic mass is 10.1. The molecule has 0 radical (unpaired) electrons. The van der Waals surface area contributed by atoms with Crippen molar-refractivity contribution >= 4 is 60.6 Å². The predicted molar refractivity (Wildman–Crippen MR) is 145 cm³/mol. The monoisotopic (exact) mass is 549 g/mol. The van der Waals surface area contributed by atoms with E-state index in [0.29, 0.717) is 29.8 Å². The first-order valence-corrected chi connectivity index (χ1v) is 14.0. The highest BCUT2D eigenvalue weighted by molar-refractivity contribution is 7.93. The molecule has 1 amide bonds. The summed E-state index contributed by atoms with van der Waals surface area (Å²) in [5, 5.41) is 13.7. The van der Waals surface area contributed by atoms with Crippen LogP contribution in [0.3, 0.4) is 0 Å². The Kier molecular flexibility index (Phi) is 6.89. The molecular weight excluding hydrogens is 522 g/mol. The van der Waals surface area contributed by atoms with E-state index in [9.17, 15) is 18.3 Å². The molecule has 3 heterocycles. The highest BCUT2D eigenvalue weighted by atomic mass is 35.5. The van der Waals surface area contributed by atoms with Gasteiger partial charge in [-0.05, 0) is 47.9 Å². The topological polar surface area (TPSA) is 108 Å². The van der Waals surface area contributed by atoms with Gasteiger partial charge in [-0.2, -0.15) is 0 Å². The number of fused-ring (bicyclic) bond motifs is 1. The van der Waals surface area contributed by atoms with Crippen molar-refractivity contribution < 1.29 is 21.2 Å². The highest BCUT2D eigenvalue weighted by Gasteiger charge is 2.30. The van der Waals surface area contributed by atoms with E-state index in [2.05, 4.69) is 9.71 Å². The molecule has 1 atom stereocenters. The fourth-order valence-electron chi connectivity index (χ4n) is 4.39. The SMILES string of the molecule is O=C(Cn1ccc2ccc(Cl)cc21)N1CCN(c2ccc(S(=O)(=O)Nc3nccs3)cc2)C[C@H]1CO.[HH].[HH]. The average Bonchev–Trinajstić information content (AvgIpc) is 3.53. The van der Waals surface area contributed by atoms with Crippen molar-refractivity contribution in [2.75, 3.05) is 35.9 Å².